The molecule has 1 aromatic rings. The third kappa shape index (κ3) is 3.10. The number of esters is 1. The fourth-order valence-corrected chi connectivity index (χ4v) is 1.67. The van der Waals surface area contributed by atoms with Gasteiger partial charge in [-0.3, -0.25) is 0 Å². The number of benzene rings is 1. The number of ether oxygens (including phenoxy) is 4. The van der Waals surface area contributed by atoms with Gasteiger partial charge >= 0.3 is 5.97 Å². The lowest BCUT2D eigenvalue weighted by atomic mass is 10.1. The van der Waals surface area contributed by atoms with Gasteiger partial charge in [0.1, 0.15) is 0 Å². The first kappa shape index (κ1) is 15.1. The molecule has 19 heavy (non-hydrogen) atoms. The topological polar surface area (TPSA) is 54.0 Å². The molecule has 0 unspecified atom stereocenters. The summed E-state index contributed by atoms with van der Waals surface area (Å²) in [5.74, 6) is 1.01. The summed E-state index contributed by atoms with van der Waals surface area (Å²) in [5.41, 5.74) is -0.270. The SMILES string of the molecule is COC(=O)C(C)(C)Oc1c(C)ccc(OC)c1OC. The Morgan fingerprint density at radius 2 is 1.68 bits per heavy atom. The lowest BCUT2D eigenvalue weighted by Gasteiger charge is -2.26. The van der Waals surface area contributed by atoms with E-state index >= 15 is 0 Å². The first-order valence-corrected chi connectivity index (χ1v) is 5.86. The summed E-state index contributed by atoms with van der Waals surface area (Å²) in [6.07, 6.45) is 0. The maximum atomic E-state index is 11.7. The van der Waals surface area contributed by atoms with E-state index < -0.39 is 11.6 Å². The molecule has 0 saturated carbocycles. The van der Waals surface area contributed by atoms with Crippen molar-refractivity contribution in [2.45, 2.75) is 26.4 Å². The predicted molar refractivity (Wildman–Crippen MR) is 71.0 cm³/mol. The summed E-state index contributed by atoms with van der Waals surface area (Å²) in [5, 5.41) is 0. The summed E-state index contributed by atoms with van der Waals surface area (Å²) in [4.78, 5) is 11.7. The Labute approximate surface area is 113 Å². The molecule has 1 aromatic carbocycles. The van der Waals surface area contributed by atoms with E-state index in [-0.39, 0.29) is 0 Å². The van der Waals surface area contributed by atoms with E-state index in [9.17, 15) is 4.79 Å². The lowest BCUT2D eigenvalue weighted by Crippen LogP contribution is -2.39. The van der Waals surface area contributed by atoms with Crippen molar-refractivity contribution in [2.75, 3.05) is 21.3 Å². The average molecular weight is 268 g/mol. The van der Waals surface area contributed by atoms with E-state index in [2.05, 4.69) is 0 Å². The third-order valence-corrected chi connectivity index (χ3v) is 2.73. The molecule has 0 fully saturated rings. The van der Waals surface area contributed by atoms with Crippen LogP contribution >= 0.6 is 0 Å². The van der Waals surface area contributed by atoms with Crippen LogP contribution < -0.4 is 14.2 Å². The zero-order valence-corrected chi connectivity index (χ0v) is 12.2. The summed E-state index contributed by atoms with van der Waals surface area (Å²) < 4.78 is 21.0. The number of rotatable bonds is 5. The standard InChI is InChI=1S/C14H20O5/c1-9-7-8-10(16-4)12(17-5)11(9)19-14(2,3)13(15)18-6/h7-8H,1-6H3. The predicted octanol–water partition coefficient (Wildman–Crippen LogP) is 2.34. The van der Waals surface area contributed by atoms with E-state index in [1.165, 1.54) is 14.2 Å². The van der Waals surface area contributed by atoms with Gasteiger partial charge in [-0.1, -0.05) is 6.07 Å². The van der Waals surface area contributed by atoms with Crippen molar-refractivity contribution in [2.24, 2.45) is 0 Å². The van der Waals surface area contributed by atoms with Gasteiger partial charge in [-0.2, -0.15) is 0 Å². The maximum Gasteiger partial charge on any atom is 0.349 e. The van der Waals surface area contributed by atoms with Crippen LogP contribution in [0.4, 0.5) is 0 Å². The Morgan fingerprint density at radius 3 is 2.16 bits per heavy atom. The van der Waals surface area contributed by atoms with Crippen molar-refractivity contribution < 1.29 is 23.7 Å². The van der Waals surface area contributed by atoms with Crippen LogP contribution in [-0.2, 0) is 9.53 Å². The quantitative estimate of drug-likeness (QED) is 0.767. The van der Waals surface area contributed by atoms with Crippen molar-refractivity contribution in [3.8, 4) is 17.2 Å². The highest BCUT2D eigenvalue weighted by Gasteiger charge is 2.33. The number of methoxy groups -OCH3 is 3. The van der Waals surface area contributed by atoms with Crippen molar-refractivity contribution >= 4 is 5.97 Å². The van der Waals surface area contributed by atoms with Crippen LogP contribution in [0.3, 0.4) is 0 Å². The molecule has 0 aliphatic carbocycles. The van der Waals surface area contributed by atoms with Gasteiger partial charge in [0.15, 0.2) is 17.1 Å². The molecule has 0 amide bonds. The Kier molecular flexibility index (Phi) is 4.64. The highest BCUT2D eigenvalue weighted by Crippen LogP contribution is 2.41. The molecular formula is C14H20O5. The van der Waals surface area contributed by atoms with Crippen LogP contribution in [0.15, 0.2) is 12.1 Å². The minimum absolute atomic E-state index is 0.458. The molecule has 0 radical (unpaired) electrons. The zero-order chi connectivity index (χ0) is 14.6. The van der Waals surface area contributed by atoms with Crippen molar-refractivity contribution in [1.29, 1.82) is 0 Å². The van der Waals surface area contributed by atoms with E-state index in [4.69, 9.17) is 18.9 Å². The molecule has 0 aliphatic heterocycles. The third-order valence-electron chi connectivity index (χ3n) is 2.73. The molecule has 0 aliphatic rings. The minimum Gasteiger partial charge on any atom is -0.493 e. The number of aryl methyl sites for hydroxylation is 1. The van der Waals surface area contributed by atoms with Crippen LogP contribution in [0.2, 0.25) is 0 Å². The Hall–Kier alpha value is -1.91. The van der Waals surface area contributed by atoms with Crippen LogP contribution in [0.5, 0.6) is 17.2 Å². The van der Waals surface area contributed by atoms with E-state index in [1.54, 1.807) is 27.0 Å². The minimum atomic E-state index is -1.11. The molecule has 0 aromatic heterocycles. The summed E-state index contributed by atoms with van der Waals surface area (Å²) in [7, 11) is 4.39. The zero-order valence-electron chi connectivity index (χ0n) is 12.2. The Morgan fingerprint density at radius 1 is 1.05 bits per heavy atom. The molecule has 0 spiro atoms. The van der Waals surface area contributed by atoms with Gasteiger partial charge in [-0.05, 0) is 32.4 Å². The monoisotopic (exact) mass is 268 g/mol. The first-order valence-electron chi connectivity index (χ1n) is 5.86. The second kappa shape index (κ2) is 5.82. The normalized spacial score (nSPS) is 10.8. The molecule has 5 nitrogen and oxygen atoms in total. The van der Waals surface area contributed by atoms with Gasteiger partial charge in [0.05, 0.1) is 21.3 Å². The summed E-state index contributed by atoms with van der Waals surface area (Å²) >= 11 is 0. The maximum absolute atomic E-state index is 11.7. The number of carbonyl (C=O) groups is 1. The molecule has 0 atom stereocenters. The number of hydrogen-bond acceptors (Lipinski definition) is 5. The van der Waals surface area contributed by atoms with Crippen molar-refractivity contribution in [3.63, 3.8) is 0 Å². The molecule has 0 N–H and O–H groups in total. The van der Waals surface area contributed by atoms with Crippen LogP contribution in [0, 0.1) is 6.92 Å². The number of hydrogen-bond donors (Lipinski definition) is 0. The summed E-state index contributed by atoms with van der Waals surface area (Å²) in [6.45, 7) is 5.14. The van der Waals surface area contributed by atoms with Gasteiger partial charge in [0, 0.05) is 0 Å². The molecule has 106 valence electrons. The largest absolute Gasteiger partial charge is 0.493 e. The van der Waals surface area contributed by atoms with E-state index in [0.717, 1.165) is 5.56 Å². The van der Waals surface area contributed by atoms with Gasteiger partial charge < -0.3 is 18.9 Å². The highest BCUT2D eigenvalue weighted by atomic mass is 16.6. The summed E-state index contributed by atoms with van der Waals surface area (Å²) in [6, 6.07) is 3.62. The fraction of sp³-hybridized carbons (Fsp3) is 0.500. The molecule has 0 saturated heterocycles. The molecule has 1 rings (SSSR count). The van der Waals surface area contributed by atoms with Crippen LogP contribution in [-0.4, -0.2) is 32.9 Å². The van der Waals surface area contributed by atoms with Gasteiger partial charge in [0.25, 0.3) is 0 Å². The fourth-order valence-electron chi connectivity index (χ4n) is 1.67. The molecule has 0 heterocycles. The van der Waals surface area contributed by atoms with Crippen molar-refractivity contribution in [3.05, 3.63) is 17.7 Å². The van der Waals surface area contributed by atoms with Gasteiger partial charge in [-0.15, -0.1) is 0 Å². The second-order valence-corrected chi connectivity index (χ2v) is 4.55. The van der Waals surface area contributed by atoms with E-state index in [1.807, 2.05) is 13.0 Å². The highest BCUT2D eigenvalue weighted by molar-refractivity contribution is 5.79. The first-order chi connectivity index (χ1) is 8.87. The Bertz CT molecular complexity index is 465. The smallest absolute Gasteiger partial charge is 0.349 e. The number of carbonyl (C=O) groups excluding carboxylic acids is 1. The van der Waals surface area contributed by atoms with Crippen molar-refractivity contribution in [1.82, 2.24) is 0 Å². The van der Waals surface area contributed by atoms with Gasteiger partial charge in [-0.25, -0.2) is 4.79 Å². The van der Waals surface area contributed by atoms with Gasteiger partial charge in [0.2, 0.25) is 5.75 Å². The second-order valence-electron chi connectivity index (χ2n) is 4.55. The van der Waals surface area contributed by atoms with Crippen LogP contribution in [0.1, 0.15) is 19.4 Å². The average Bonchev–Trinajstić information content (AvgIpc) is 2.39. The van der Waals surface area contributed by atoms with Crippen LogP contribution in [0.25, 0.3) is 0 Å². The van der Waals surface area contributed by atoms with E-state index in [0.29, 0.717) is 17.2 Å². The Balaban J connectivity index is 3.23. The lowest BCUT2D eigenvalue weighted by molar-refractivity contribution is -0.156. The molecule has 5 heteroatoms. The molecule has 0 bridgehead atoms. The molecular weight excluding hydrogens is 248 g/mol.